The molecule has 2 bridgehead atoms. The molecular weight excluding hydrogens is 474 g/mol. The Hall–Kier alpha value is -3.19. The highest BCUT2D eigenvalue weighted by Gasteiger charge is 2.49. The molecule has 6 heterocycles. The number of carbonyl (C=O) groups is 1. The Morgan fingerprint density at radius 2 is 1.97 bits per heavy atom. The molecular formula is C22H22BrN7O2. The van der Waals surface area contributed by atoms with E-state index in [0.29, 0.717) is 29.9 Å². The average molecular weight is 496 g/mol. The number of hydrogen-bond acceptors (Lipinski definition) is 7. The maximum absolute atomic E-state index is 12.5. The second-order valence-electron chi connectivity index (χ2n) is 9.13. The van der Waals surface area contributed by atoms with Crippen LogP contribution in [0.25, 0.3) is 16.8 Å². The highest BCUT2D eigenvalue weighted by atomic mass is 79.9. The van der Waals surface area contributed by atoms with E-state index >= 15 is 0 Å². The van der Waals surface area contributed by atoms with E-state index in [-0.39, 0.29) is 18.2 Å². The number of anilines is 1. The number of amides is 1. The van der Waals surface area contributed by atoms with Crippen LogP contribution in [-0.2, 0) is 4.74 Å². The first kappa shape index (κ1) is 20.7. The molecule has 0 aliphatic carbocycles. The van der Waals surface area contributed by atoms with Crippen molar-refractivity contribution < 1.29 is 9.53 Å². The van der Waals surface area contributed by atoms with Gasteiger partial charge in [-0.2, -0.15) is 10.4 Å². The fraction of sp³-hybridized carbons (Fsp3) is 0.409. The Balaban J connectivity index is 1.35. The van der Waals surface area contributed by atoms with Crippen molar-refractivity contribution in [3.05, 3.63) is 40.9 Å². The van der Waals surface area contributed by atoms with Crippen molar-refractivity contribution in [3.8, 4) is 17.3 Å². The minimum absolute atomic E-state index is 0.125. The molecule has 9 nitrogen and oxygen atoms in total. The second kappa shape index (κ2) is 7.45. The van der Waals surface area contributed by atoms with Crippen molar-refractivity contribution in [3.63, 3.8) is 0 Å². The van der Waals surface area contributed by atoms with Crippen molar-refractivity contribution in [1.29, 1.82) is 5.26 Å². The van der Waals surface area contributed by atoms with E-state index in [2.05, 4.69) is 42.0 Å². The lowest BCUT2D eigenvalue weighted by molar-refractivity contribution is -0.0380. The molecule has 0 radical (unpaired) electrons. The van der Waals surface area contributed by atoms with Crippen molar-refractivity contribution in [2.45, 2.75) is 44.9 Å². The molecule has 3 aromatic heterocycles. The van der Waals surface area contributed by atoms with Crippen molar-refractivity contribution >= 4 is 33.4 Å². The van der Waals surface area contributed by atoms with E-state index in [4.69, 9.17) is 4.74 Å². The molecule has 0 N–H and O–H groups in total. The van der Waals surface area contributed by atoms with Crippen LogP contribution in [0.5, 0.6) is 0 Å². The smallest absolute Gasteiger partial charge is 0.410 e. The normalized spacial score (nSPS) is 20.1. The summed E-state index contributed by atoms with van der Waals surface area (Å²) in [5, 5.41) is 13.7. The summed E-state index contributed by atoms with van der Waals surface area (Å²) in [6, 6.07) is 4.34. The van der Waals surface area contributed by atoms with Crippen LogP contribution in [0.1, 0.15) is 32.8 Å². The summed E-state index contributed by atoms with van der Waals surface area (Å²) in [7, 11) is 0. The Bertz CT molecular complexity index is 1230. The van der Waals surface area contributed by atoms with Crippen LogP contribution in [0.3, 0.4) is 0 Å². The van der Waals surface area contributed by atoms with Crippen LogP contribution in [0.4, 0.5) is 10.6 Å². The summed E-state index contributed by atoms with van der Waals surface area (Å²) in [6.07, 6.45) is 7.55. The number of halogens is 1. The number of ether oxygens (including phenoxy) is 1. The number of pyridine rings is 1. The number of hydrogen-bond donors (Lipinski definition) is 0. The molecule has 3 aliphatic rings. The van der Waals surface area contributed by atoms with Gasteiger partial charge in [0.2, 0.25) is 0 Å². The maximum Gasteiger partial charge on any atom is 0.410 e. The zero-order valence-electron chi connectivity index (χ0n) is 18.0. The van der Waals surface area contributed by atoms with Crippen LogP contribution in [0.2, 0.25) is 0 Å². The van der Waals surface area contributed by atoms with Gasteiger partial charge in [0.05, 0.1) is 47.4 Å². The van der Waals surface area contributed by atoms with Gasteiger partial charge in [-0.15, -0.1) is 0 Å². The van der Waals surface area contributed by atoms with E-state index in [9.17, 15) is 10.1 Å². The van der Waals surface area contributed by atoms with Gasteiger partial charge in [-0.1, -0.05) is 0 Å². The van der Waals surface area contributed by atoms with E-state index in [1.165, 1.54) is 0 Å². The zero-order chi connectivity index (χ0) is 22.6. The first-order valence-electron chi connectivity index (χ1n) is 10.4. The molecule has 0 aromatic carbocycles. The lowest BCUT2D eigenvalue weighted by atomic mass is 9.88. The lowest BCUT2D eigenvalue weighted by Gasteiger charge is -2.55. The van der Waals surface area contributed by atoms with Crippen molar-refractivity contribution in [2.24, 2.45) is 0 Å². The molecule has 164 valence electrons. The quantitative estimate of drug-likeness (QED) is 0.534. The number of piperidine rings is 1. The van der Waals surface area contributed by atoms with Gasteiger partial charge in [0.15, 0.2) is 0 Å². The summed E-state index contributed by atoms with van der Waals surface area (Å²) in [5.74, 6) is 0.771. The van der Waals surface area contributed by atoms with Gasteiger partial charge in [-0.3, -0.25) is 9.88 Å². The molecule has 1 amide bonds. The lowest BCUT2D eigenvalue weighted by Crippen LogP contribution is -2.70. The number of rotatable bonds is 2. The molecule has 10 heteroatoms. The number of piperazine rings is 1. The Labute approximate surface area is 193 Å². The Morgan fingerprint density at radius 1 is 1.22 bits per heavy atom. The fourth-order valence-corrected chi connectivity index (χ4v) is 4.82. The molecule has 6 rings (SSSR count). The van der Waals surface area contributed by atoms with E-state index in [0.717, 1.165) is 22.3 Å². The van der Waals surface area contributed by atoms with Crippen LogP contribution in [-0.4, -0.2) is 61.3 Å². The van der Waals surface area contributed by atoms with Gasteiger partial charge in [0.1, 0.15) is 17.5 Å². The van der Waals surface area contributed by atoms with Gasteiger partial charge >= 0.3 is 6.09 Å². The molecule has 3 fully saturated rings. The molecule has 2 atom stereocenters. The van der Waals surface area contributed by atoms with Gasteiger partial charge in [-0.25, -0.2) is 14.3 Å². The van der Waals surface area contributed by atoms with Crippen molar-refractivity contribution in [1.82, 2.24) is 24.5 Å². The van der Waals surface area contributed by atoms with E-state index in [1.54, 1.807) is 29.3 Å². The molecule has 0 saturated carbocycles. The van der Waals surface area contributed by atoms with Crippen LogP contribution < -0.4 is 4.90 Å². The Kier molecular flexibility index (Phi) is 4.82. The maximum atomic E-state index is 12.5. The molecule has 3 saturated heterocycles. The average Bonchev–Trinajstić information content (AvgIpc) is 3.14. The molecule has 32 heavy (non-hydrogen) atoms. The minimum atomic E-state index is -0.499. The number of carbonyl (C=O) groups excluding carboxylic acids is 1. The Morgan fingerprint density at radius 3 is 2.59 bits per heavy atom. The predicted octanol–water partition coefficient (Wildman–Crippen LogP) is 3.62. The first-order chi connectivity index (χ1) is 15.2. The SMILES string of the molecule is CC(C)(C)OC(=O)N1C2CC1CN(c1cnc(-c3cc(Br)cn4ncc(C#N)c34)cn1)C2. The topological polar surface area (TPSA) is 99.6 Å². The van der Waals surface area contributed by atoms with Gasteiger partial charge < -0.3 is 9.64 Å². The highest BCUT2D eigenvalue weighted by Crippen LogP contribution is 2.36. The third-order valence-corrected chi connectivity index (χ3v) is 6.17. The van der Waals surface area contributed by atoms with Crippen molar-refractivity contribution in [2.75, 3.05) is 18.0 Å². The number of nitrogens with zero attached hydrogens (tertiary/aromatic N) is 7. The predicted molar refractivity (Wildman–Crippen MR) is 121 cm³/mol. The van der Waals surface area contributed by atoms with Gasteiger partial charge in [-0.05, 0) is 49.2 Å². The standard InChI is InChI=1S/C22H22BrN7O2/c1-22(2,3)32-21(31)30-15-5-16(30)12-28(11-15)19-9-25-18(8-26-19)17-4-14(23)10-29-20(17)13(6-24)7-27-29/h4,7-10,15-16H,5,11-12H2,1-3H3. The van der Waals surface area contributed by atoms with Gasteiger partial charge in [0, 0.05) is 29.3 Å². The fourth-order valence-electron chi connectivity index (χ4n) is 4.40. The zero-order valence-corrected chi connectivity index (χ0v) is 19.6. The van der Waals surface area contributed by atoms with Gasteiger partial charge in [0.25, 0.3) is 0 Å². The summed E-state index contributed by atoms with van der Waals surface area (Å²) >= 11 is 3.49. The van der Waals surface area contributed by atoms with Crippen LogP contribution in [0.15, 0.2) is 35.3 Å². The van der Waals surface area contributed by atoms with Crippen LogP contribution >= 0.6 is 15.9 Å². The third-order valence-electron chi connectivity index (χ3n) is 5.73. The largest absolute Gasteiger partial charge is 0.444 e. The molecule has 3 aliphatic heterocycles. The number of nitriles is 1. The molecule has 0 spiro atoms. The highest BCUT2D eigenvalue weighted by molar-refractivity contribution is 9.10. The number of aromatic nitrogens is 4. The summed E-state index contributed by atoms with van der Waals surface area (Å²) in [4.78, 5) is 25.8. The van der Waals surface area contributed by atoms with E-state index < -0.39 is 5.60 Å². The second-order valence-corrected chi connectivity index (χ2v) is 10.0. The van der Waals surface area contributed by atoms with Crippen LogP contribution in [0, 0.1) is 11.3 Å². The third kappa shape index (κ3) is 3.56. The molecule has 3 aromatic rings. The summed E-state index contributed by atoms with van der Waals surface area (Å²) in [5.41, 5.74) is 2.13. The first-order valence-corrected chi connectivity index (χ1v) is 11.2. The summed E-state index contributed by atoms with van der Waals surface area (Å²) < 4.78 is 8.04. The summed E-state index contributed by atoms with van der Waals surface area (Å²) in [6.45, 7) is 7.05. The number of fused-ring (bicyclic) bond motifs is 3. The van der Waals surface area contributed by atoms with E-state index in [1.807, 2.05) is 31.7 Å². The minimum Gasteiger partial charge on any atom is -0.444 e. The molecule has 2 unspecified atom stereocenters. The monoisotopic (exact) mass is 495 g/mol.